The van der Waals surface area contributed by atoms with Crippen LogP contribution in [-0.2, 0) is 17.8 Å². The molecule has 1 saturated carbocycles. The van der Waals surface area contributed by atoms with Crippen LogP contribution in [0.2, 0.25) is 0 Å². The van der Waals surface area contributed by atoms with E-state index in [0.717, 1.165) is 52.0 Å². The van der Waals surface area contributed by atoms with Gasteiger partial charge in [-0.3, -0.25) is 9.69 Å². The van der Waals surface area contributed by atoms with Gasteiger partial charge in [0.15, 0.2) is 0 Å². The topological polar surface area (TPSA) is 36.4 Å². The van der Waals surface area contributed by atoms with Crippen LogP contribution in [0.3, 0.4) is 0 Å². The zero-order chi connectivity index (χ0) is 14.7. The summed E-state index contributed by atoms with van der Waals surface area (Å²) in [4.78, 5) is 21.6. The molecule has 1 saturated heterocycles. The molecule has 0 spiro atoms. The van der Waals surface area contributed by atoms with Crippen molar-refractivity contribution in [3.05, 3.63) is 16.1 Å². The normalized spacial score (nSPS) is 21.1. The first-order valence-electron chi connectivity index (χ1n) is 8.20. The minimum absolute atomic E-state index is 0.321. The number of carbonyl (C=O) groups is 1. The molecule has 0 aromatic carbocycles. The van der Waals surface area contributed by atoms with Gasteiger partial charge in [-0.25, -0.2) is 4.98 Å². The molecule has 2 fully saturated rings. The Hall–Kier alpha value is -0.940. The number of nitrogens with zero attached hydrogens (tertiary/aromatic N) is 3. The van der Waals surface area contributed by atoms with Crippen molar-refractivity contribution in [3.8, 4) is 0 Å². The third-order valence-electron chi connectivity index (χ3n) is 4.68. The number of hydrogen-bond acceptors (Lipinski definition) is 4. The molecule has 0 radical (unpaired) electrons. The van der Waals surface area contributed by atoms with Gasteiger partial charge >= 0.3 is 0 Å². The highest BCUT2D eigenvalue weighted by Crippen LogP contribution is 2.27. The summed E-state index contributed by atoms with van der Waals surface area (Å²) in [5.41, 5.74) is 1.19. The van der Waals surface area contributed by atoms with Crippen LogP contribution in [0.1, 0.15) is 43.3 Å². The first-order valence-corrected chi connectivity index (χ1v) is 9.08. The highest BCUT2D eigenvalue weighted by Gasteiger charge is 2.29. The van der Waals surface area contributed by atoms with Gasteiger partial charge < -0.3 is 4.90 Å². The molecule has 21 heavy (non-hydrogen) atoms. The van der Waals surface area contributed by atoms with Gasteiger partial charge in [0.05, 0.1) is 10.7 Å². The lowest BCUT2D eigenvalue weighted by Crippen LogP contribution is -2.49. The average molecular weight is 307 g/mol. The number of amides is 1. The lowest BCUT2D eigenvalue weighted by atomic mass is 10.1. The van der Waals surface area contributed by atoms with Gasteiger partial charge in [-0.1, -0.05) is 19.8 Å². The van der Waals surface area contributed by atoms with E-state index in [9.17, 15) is 4.79 Å². The zero-order valence-corrected chi connectivity index (χ0v) is 13.7. The van der Waals surface area contributed by atoms with Crippen molar-refractivity contribution >= 4 is 17.2 Å². The van der Waals surface area contributed by atoms with E-state index < -0.39 is 0 Å². The van der Waals surface area contributed by atoms with Gasteiger partial charge in [0.25, 0.3) is 0 Å². The Kier molecular flexibility index (Phi) is 4.91. The summed E-state index contributed by atoms with van der Waals surface area (Å²) in [6.07, 6.45) is 5.71. The molecule has 1 aliphatic carbocycles. The predicted octanol–water partition coefficient (Wildman–Crippen LogP) is 2.54. The largest absolute Gasteiger partial charge is 0.340 e. The molecule has 1 aromatic rings. The van der Waals surface area contributed by atoms with Crippen molar-refractivity contribution in [2.45, 2.75) is 45.6 Å². The Morgan fingerprint density at radius 1 is 1.29 bits per heavy atom. The molecule has 2 aliphatic rings. The van der Waals surface area contributed by atoms with Crippen molar-refractivity contribution in [1.82, 2.24) is 14.8 Å². The van der Waals surface area contributed by atoms with Crippen molar-refractivity contribution in [1.29, 1.82) is 0 Å². The van der Waals surface area contributed by atoms with Crippen LogP contribution in [0.15, 0.2) is 5.38 Å². The Balaban J connectivity index is 1.47. The van der Waals surface area contributed by atoms with Gasteiger partial charge in [0.1, 0.15) is 0 Å². The van der Waals surface area contributed by atoms with E-state index in [1.807, 2.05) is 0 Å². The minimum Gasteiger partial charge on any atom is -0.340 e. The summed E-state index contributed by atoms with van der Waals surface area (Å²) in [5, 5.41) is 3.40. The quantitative estimate of drug-likeness (QED) is 0.858. The van der Waals surface area contributed by atoms with Crippen LogP contribution < -0.4 is 0 Å². The first-order chi connectivity index (χ1) is 10.3. The van der Waals surface area contributed by atoms with Gasteiger partial charge in [0.2, 0.25) is 5.91 Å². The zero-order valence-electron chi connectivity index (χ0n) is 12.9. The number of aromatic nitrogens is 1. The van der Waals surface area contributed by atoms with E-state index in [1.165, 1.54) is 23.5 Å². The summed E-state index contributed by atoms with van der Waals surface area (Å²) in [7, 11) is 0. The molecule has 0 unspecified atom stereocenters. The highest BCUT2D eigenvalue weighted by molar-refractivity contribution is 7.09. The van der Waals surface area contributed by atoms with E-state index in [4.69, 9.17) is 0 Å². The number of aryl methyl sites for hydroxylation is 1. The second kappa shape index (κ2) is 6.88. The Bertz CT molecular complexity index is 474. The standard InChI is InChI=1S/C16H25N3OS/c1-2-15-17-14(12-21-15)11-18-7-9-19(10-8-18)16(20)13-5-3-4-6-13/h12-13H,2-11H2,1H3. The molecule has 4 nitrogen and oxygen atoms in total. The fourth-order valence-electron chi connectivity index (χ4n) is 3.37. The number of rotatable bonds is 4. The second-order valence-electron chi connectivity index (χ2n) is 6.17. The van der Waals surface area contributed by atoms with E-state index in [1.54, 1.807) is 11.3 Å². The number of piperazine rings is 1. The number of hydrogen-bond donors (Lipinski definition) is 0. The van der Waals surface area contributed by atoms with Gasteiger partial charge in [0, 0.05) is 44.0 Å². The maximum absolute atomic E-state index is 12.4. The fraction of sp³-hybridized carbons (Fsp3) is 0.750. The number of thiazole rings is 1. The Morgan fingerprint density at radius 3 is 2.62 bits per heavy atom. The van der Waals surface area contributed by atoms with E-state index >= 15 is 0 Å². The molecule has 3 rings (SSSR count). The third-order valence-corrected chi connectivity index (χ3v) is 5.72. The molecule has 1 aromatic heterocycles. The molecule has 116 valence electrons. The van der Waals surface area contributed by atoms with E-state index in [0.29, 0.717) is 11.8 Å². The summed E-state index contributed by atoms with van der Waals surface area (Å²) >= 11 is 1.76. The molecular weight excluding hydrogens is 282 g/mol. The summed E-state index contributed by atoms with van der Waals surface area (Å²) < 4.78 is 0. The van der Waals surface area contributed by atoms with Crippen molar-refractivity contribution in [3.63, 3.8) is 0 Å². The van der Waals surface area contributed by atoms with Gasteiger partial charge in [-0.05, 0) is 19.3 Å². The maximum atomic E-state index is 12.4. The van der Waals surface area contributed by atoms with Crippen LogP contribution >= 0.6 is 11.3 Å². The van der Waals surface area contributed by atoms with Crippen molar-refractivity contribution < 1.29 is 4.79 Å². The van der Waals surface area contributed by atoms with Crippen LogP contribution in [0.25, 0.3) is 0 Å². The molecule has 2 heterocycles. The molecule has 1 amide bonds. The molecule has 0 atom stereocenters. The lowest BCUT2D eigenvalue weighted by Gasteiger charge is -2.35. The molecule has 1 aliphatic heterocycles. The lowest BCUT2D eigenvalue weighted by molar-refractivity contribution is -0.137. The Labute approximate surface area is 131 Å². The SMILES string of the molecule is CCc1nc(CN2CCN(C(=O)C3CCCC3)CC2)cs1. The van der Waals surface area contributed by atoms with Crippen LogP contribution in [0, 0.1) is 5.92 Å². The van der Waals surface area contributed by atoms with Crippen molar-refractivity contribution in [2.75, 3.05) is 26.2 Å². The van der Waals surface area contributed by atoms with Gasteiger partial charge in [-0.15, -0.1) is 11.3 Å². The Morgan fingerprint density at radius 2 is 2.00 bits per heavy atom. The number of carbonyl (C=O) groups excluding carboxylic acids is 1. The maximum Gasteiger partial charge on any atom is 0.225 e. The fourth-order valence-corrected chi connectivity index (χ4v) is 4.11. The summed E-state index contributed by atoms with van der Waals surface area (Å²) in [5.74, 6) is 0.733. The third kappa shape index (κ3) is 3.64. The monoisotopic (exact) mass is 307 g/mol. The minimum atomic E-state index is 0.321. The second-order valence-corrected chi connectivity index (χ2v) is 7.11. The summed E-state index contributed by atoms with van der Waals surface area (Å²) in [6, 6.07) is 0. The molecule has 5 heteroatoms. The van der Waals surface area contributed by atoms with E-state index in [2.05, 4.69) is 27.1 Å². The van der Waals surface area contributed by atoms with Crippen LogP contribution in [0.5, 0.6) is 0 Å². The predicted molar refractivity (Wildman–Crippen MR) is 85.3 cm³/mol. The average Bonchev–Trinajstić information content (AvgIpc) is 3.19. The van der Waals surface area contributed by atoms with Crippen LogP contribution in [-0.4, -0.2) is 46.9 Å². The van der Waals surface area contributed by atoms with Crippen LogP contribution in [0.4, 0.5) is 0 Å². The van der Waals surface area contributed by atoms with Crippen molar-refractivity contribution in [2.24, 2.45) is 5.92 Å². The molecule has 0 N–H and O–H groups in total. The molecular formula is C16H25N3OS. The van der Waals surface area contributed by atoms with Gasteiger partial charge in [-0.2, -0.15) is 0 Å². The highest BCUT2D eigenvalue weighted by atomic mass is 32.1. The first kappa shape index (κ1) is 15.0. The molecule has 0 bridgehead atoms. The van der Waals surface area contributed by atoms with E-state index in [-0.39, 0.29) is 0 Å². The summed E-state index contributed by atoms with van der Waals surface area (Å²) in [6.45, 7) is 6.83. The smallest absolute Gasteiger partial charge is 0.225 e.